The minimum atomic E-state index is 0.669. The lowest BCUT2D eigenvalue weighted by Crippen LogP contribution is -2.03. The molecule has 0 atom stereocenters. The lowest BCUT2D eigenvalue weighted by Gasteiger charge is -2.12. The van der Waals surface area contributed by atoms with Crippen LogP contribution in [0.25, 0.3) is 72.2 Å². The largest absolute Gasteiger partial charge is 0.278 e. The highest BCUT2D eigenvalue weighted by molar-refractivity contribution is 6.10. The van der Waals surface area contributed by atoms with Crippen molar-refractivity contribution in [2.24, 2.45) is 0 Å². The second-order valence-corrected chi connectivity index (χ2v) is 10.3. The molecule has 8 rings (SSSR count). The van der Waals surface area contributed by atoms with Gasteiger partial charge in [0.25, 0.3) is 0 Å². The van der Waals surface area contributed by atoms with Crippen LogP contribution in [-0.4, -0.2) is 14.5 Å². The maximum absolute atomic E-state index is 5.27. The van der Waals surface area contributed by atoms with Crippen molar-refractivity contribution in [3.05, 3.63) is 152 Å². The zero-order valence-electron chi connectivity index (χ0n) is 22.3. The number of hydrogen-bond donors (Lipinski definition) is 0. The smallest absolute Gasteiger partial charge is 0.235 e. The third-order valence-electron chi connectivity index (χ3n) is 7.84. The molecule has 3 nitrogen and oxygen atoms in total. The zero-order valence-corrected chi connectivity index (χ0v) is 22.3. The molecule has 0 aliphatic carbocycles. The summed E-state index contributed by atoms with van der Waals surface area (Å²) in [6.45, 7) is 0. The Hall–Kier alpha value is -5.54. The van der Waals surface area contributed by atoms with Gasteiger partial charge in [-0.25, -0.2) is 9.97 Å². The van der Waals surface area contributed by atoms with Gasteiger partial charge in [0.15, 0.2) is 0 Å². The molecule has 41 heavy (non-hydrogen) atoms. The first-order valence-corrected chi connectivity index (χ1v) is 13.9. The molecule has 6 aromatic carbocycles. The first-order chi connectivity index (χ1) is 20.3. The molecule has 3 heteroatoms. The predicted octanol–water partition coefficient (Wildman–Crippen LogP) is 9.73. The summed E-state index contributed by atoms with van der Waals surface area (Å²) in [5.41, 5.74) is 9.83. The number of nitrogens with zero attached hydrogens (tertiary/aromatic N) is 3. The minimum absolute atomic E-state index is 0.669. The van der Waals surface area contributed by atoms with Crippen LogP contribution < -0.4 is 0 Å². The fourth-order valence-corrected chi connectivity index (χ4v) is 5.83. The van der Waals surface area contributed by atoms with E-state index in [1.165, 1.54) is 33.0 Å². The second-order valence-electron chi connectivity index (χ2n) is 10.3. The summed E-state index contributed by atoms with van der Waals surface area (Å²) in [6.07, 6.45) is 0. The van der Waals surface area contributed by atoms with Gasteiger partial charge in [0.05, 0.1) is 22.2 Å². The Morgan fingerprint density at radius 3 is 1.66 bits per heavy atom. The number of hydrogen-bond acceptors (Lipinski definition) is 2. The van der Waals surface area contributed by atoms with Gasteiger partial charge in [0.2, 0.25) is 5.95 Å². The third-order valence-corrected chi connectivity index (χ3v) is 7.84. The first kappa shape index (κ1) is 23.4. The van der Waals surface area contributed by atoms with Crippen LogP contribution in [0.15, 0.2) is 152 Å². The minimum Gasteiger partial charge on any atom is -0.278 e. The number of rotatable bonds is 4. The van der Waals surface area contributed by atoms with Gasteiger partial charge in [-0.1, -0.05) is 133 Å². The van der Waals surface area contributed by atoms with E-state index >= 15 is 0 Å². The van der Waals surface area contributed by atoms with E-state index in [0.717, 1.165) is 33.2 Å². The molecule has 0 saturated carbocycles. The van der Waals surface area contributed by atoms with Crippen LogP contribution in [0.5, 0.6) is 0 Å². The van der Waals surface area contributed by atoms with E-state index in [2.05, 4.69) is 144 Å². The van der Waals surface area contributed by atoms with Crippen LogP contribution in [0.2, 0.25) is 0 Å². The summed E-state index contributed by atoms with van der Waals surface area (Å²) in [4.78, 5) is 10.4. The Balaban J connectivity index is 1.37. The van der Waals surface area contributed by atoms with E-state index in [1.54, 1.807) is 0 Å². The average Bonchev–Trinajstić information content (AvgIpc) is 3.39. The summed E-state index contributed by atoms with van der Waals surface area (Å²) in [6, 6.07) is 53.1. The molecular formula is C38H25N3. The van der Waals surface area contributed by atoms with Crippen molar-refractivity contribution in [2.75, 3.05) is 0 Å². The Morgan fingerprint density at radius 1 is 0.366 bits per heavy atom. The van der Waals surface area contributed by atoms with E-state index in [-0.39, 0.29) is 0 Å². The topological polar surface area (TPSA) is 30.7 Å². The number of benzene rings is 6. The summed E-state index contributed by atoms with van der Waals surface area (Å²) in [5.74, 6) is 0.669. The van der Waals surface area contributed by atoms with Crippen LogP contribution in [0.1, 0.15) is 0 Å². The number of fused-ring (bicyclic) bond motifs is 4. The van der Waals surface area contributed by atoms with Gasteiger partial charge in [-0.05, 0) is 40.5 Å². The molecule has 0 spiro atoms. The van der Waals surface area contributed by atoms with Crippen molar-refractivity contribution in [1.82, 2.24) is 14.5 Å². The van der Waals surface area contributed by atoms with E-state index in [9.17, 15) is 0 Å². The third kappa shape index (κ3) is 3.98. The molecule has 0 unspecified atom stereocenters. The van der Waals surface area contributed by atoms with Gasteiger partial charge in [-0.3, -0.25) is 4.57 Å². The molecule has 8 aromatic rings. The van der Waals surface area contributed by atoms with Crippen molar-refractivity contribution in [3.8, 4) is 39.5 Å². The second kappa shape index (κ2) is 9.58. The van der Waals surface area contributed by atoms with Crippen molar-refractivity contribution in [1.29, 1.82) is 0 Å². The lowest BCUT2D eigenvalue weighted by molar-refractivity contribution is 1.01. The maximum Gasteiger partial charge on any atom is 0.235 e. The Kier molecular flexibility index (Phi) is 5.46. The molecule has 2 aromatic heterocycles. The molecule has 192 valence electrons. The highest BCUT2D eigenvalue weighted by atomic mass is 15.2. The van der Waals surface area contributed by atoms with Crippen LogP contribution in [0.3, 0.4) is 0 Å². The van der Waals surface area contributed by atoms with E-state index in [4.69, 9.17) is 9.97 Å². The first-order valence-electron chi connectivity index (χ1n) is 13.9. The zero-order chi connectivity index (χ0) is 27.2. The van der Waals surface area contributed by atoms with Gasteiger partial charge in [0.1, 0.15) is 0 Å². The van der Waals surface area contributed by atoms with Crippen molar-refractivity contribution in [2.45, 2.75) is 0 Å². The van der Waals surface area contributed by atoms with E-state index in [0.29, 0.717) is 5.95 Å². The maximum atomic E-state index is 5.27. The molecule has 0 bridgehead atoms. The van der Waals surface area contributed by atoms with Crippen molar-refractivity contribution in [3.63, 3.8) is 0 Å². The van der Waals surface area contributed by atoms with Crippen LogP contribution >= 0.6 is 0 Å². The van der Waals surface area contributed by atoms with Gasteiger partial charge < -0.3 is 0 Å². The monoisotopic (exact) mass is 523 g/mol. The van der Waals surface area contributed by atoms with Gasteiger partial charge in [-0.2, -0.15) is 0 Å². The normalized spacial score (nSPS) is 11.4. The van der Waals surface area contributed by atoms with Gasteiger partial charge in [-0.15, -0.1) is 0 Å². The Bertz CT molecular complexity index is 2180. The quantitative estimate of drug-likeness (QED) is 0.230. The molecule has 0 saturated heterocycles. The summed E-state index contributed by atoms with van der Waals surface area (Å²) >= 11 is 0. The van der Waals surface area contributed by atoms with Crippen LogP contribution in [-0.2, 0) is 0 Å². The average molecular weight is 524 g/mol. The molecule has 0 aliphatic heterocycles. The van der Waals surface area contributed by atoms with Crippen molar-refractivity contribution >= 4 is 32.7 Å². The SMILES string of the molecule is c1ccc(-c2ccc(-c3nc(-n4c5ccccc5c5ccc(-c6ccccc6)cc54)nc4ccccc34)cc2)cc1. The Morgan fingerprint density at radius 2 is 0.902 bits per heavy atom. The molecule has 0 N–H and O–H groups in total. The molecular weight excluding hydrogens is 498 g/mol. The summed E-state index contributed by atoms with van der Waals surface area (Å²) in [7, 11) is 0. The molecule has 2 heterocycles. The standard InChI is InChI=1S/C38H25N3/c1-3-11-26(12-4-1)28-19-21-29(22-20-28)37-33-16-7-9-17-34(33)39-38(40-37)41-35-18-10-8-15-31(35)32-24-23-30(25-36(32)41)27-13-5-2-6-14-27/h1-25H. The highest BCUT2D eigenvalue weighted by Gasteiger charge is 2.17. The molecule has 0 fully saturated rings. The van der Waals surface area contributed by atoms with Gasteiger partial charge >= 0.3 is 0 Å². The lowest BCUT2D eigenvalue weighted by atomic mass is 10.0. The fraction of sp³-hybridized carbons (Fsp3) is 0. The highest BCUT2D eigenvalue weighted by Crippen LogP contribution is 2.36. The van der Waals surface area contributed by atoms with Crippen LogP contribution in [0, 0.1) is 0 Å². The van der Waals surface area contributed by atoms with Crippen molar-refractivity contribution < 1.29 is 0 Å². The molecule has 0 radical (unpaired) electrons. The number of aromatic nitrogens is 3. The fourth-order valence-electron chi connectivity index (χ4n) is 5.83. The van der Waals surface area contributed by atoms with E-state index < -0.39 is 0 Å². The Labute approximate surface area is 238 Å². The molecule has 0 aliphatic rings. The van der Waals surface area contributed by atoms with Gasteiger partial charge in [0, 0.05) is 21.7 Å². The predicted molar refractivity (Wildman–Crippen MR) is 170 cm³/mol. The van der Waals surface area contributed by atoms with E-state index in [1.807, 2.05) is 12.1 Å². The van der Waals surface area contributed by atoms with Crippen LogP contribution in [0.4, 0.5) is 0 Å². The summed E-state index contributed by atoms with van der Waals surface area (Å²) < 4.78 is 2.21. The number of para-hydroxylation sites is 2. The summed E-state index contributed by atoms with van der Waals surface area (Å²) in [5, 5.41) is 3.41. The molecule has 0 amide bonds.